The Morgan fingerprint density at radius 1 is 1.44 bits per heavy atom. The van der Waals surface area contributed by atoms with Crippen LogP contribution in [0.5, 0.6) is 0 Å². The maximum absolute atomic E-state index is 13.0. The van der Waals surface area contributed by atoms with E-state index in [-0.39, 0.29) is 6.42 Å². The van der Waals surface area contributed by atoms with E-state index < -0.39 is 42.0 Å². The minimum absolute atomic E-state index is 0.0757. The highest BCUT2D eigenvalue weighted by Gasteiger charge is 2.65. The van der Waals surface area contributed by atoms with Crippen LogP contribution in [0.25, 0.3) is 0 Å². The number of hydrogen-bond acceptors (Lipinski definition) is 4. The van der Waals surface area contributed by atoms with Gasteiger partial charge in [-0.1, -0.05) is 12.9 Å². The normalized spacial score (nSPS) is 30.0. The summed E-state index contributed by atoms with van der Waals surface area (Å²) in [5, 5.41) is 2.74. The molecule has 1 aromatic rings. The summed E-state index contributed by atoms with van der Waals surface area (Å²) >= 11 is 3.27. The van der Waals surface area contributed by atoms with E-state index >= 15 is 0 Å². The number of nitrogens with one attached hydrogen (secondary N) is 1. The number of likely N-dealkylation sites (tertiary alicyclic amines) is 1. The van der Waals surface area contributed by atoms with E-state index in [9.17, 15) is 9.59 Å². The van der Waals surface area contributed by atoms with Gasteiger partial charge in [0.25, 0.3) is 0 Å². The van der Waals surface area contributed by atoms with E-state index in [1.165, 1.54) is 4.90 Å². The number of nitrogens with zero attached hydrogens (tertiary/aromatic N) is 2. The Hall–Kier alpha value is -1.63. The molecule has 7 heteroatoms. The molecule has 1 aliphatic carbocycles. The van der Waals surface area contributed by atoms with Gasteiger partial charge >= 0.3 is 6.09 Å². The highest BCUT2D eigenvalue weighted by atomic mass is 79.9. The molecule has 0 aromatic carbocycles. The third-order valence-corrected chi connectivity index (χ3v) is 4.92. The number of amides is 2. The molecule has 1 saturated carbocycles. The van der Waals surface area contributed by atoms with Gasteiger partial charge in [-0.3, -0.25) is 9.69 Å². The second kappa shape index (κ2) is 5.97. The van der Waals surface area contributed by atoms with Crippen LogP contribution in [0.2, 0.25) is 0 Å². The highest BCUT2D eigenvalue weighted by Crippen LogP contribution is 2.59. The van der Waals surface area contributed by atoms with E-state index in [0.29, 0.717) is 16.8 Å². The number of aromatic nitrogens is 1. The molecule has 1 saturated heterocycles. The van der Waals surface area contributed by atoms with E-state index in [0.717, 1.165) is 5.56 Å². The maximum Gasteiger partial charge on any atom is 0.411 e. The van der Waals surface area contributed by atoms with Crippen LogP contribution >= 0.6 is 15.9 Å². The lowest BCUT2D eigenvalue weighted by Gasteiger charge is -2.29. The summed E-state index contributed by atoms with van der Waals surface area (Å²) in [4.78, 5) is 31.3. The number of rotatable bonds is 2. The van der Waals surface area contributed by atoms with Gasteiger partial charge in [0.05, 0.1) is 0 Å². The standard InChI is InChI=1S/C18H24BrN3O3/c1-10-6-7-13(19)20-14(10)21-15(23)11-8-18(5)9-12(18)22(11)16(24)25-17(2,3)4/h6-7,11-12H,8-9H2,1-5H3,(H,20,21,23)/t11-,12+,18-/m0/s1/i5D3. The summed E-state index contributed by atoms with van der Waals surface area (Å²) in [5.41, 5.74) is -1.04. The zero-order valence-electron chi connectivity index (χ0n) is 17.7. The van der Waals surface area contributed by atoms with Crippen molar-refractivity contribution in [2.24, 2.45) is 5.41 Å². The fourth-order valence-corrected chi connectivity index (χ4v) is 3.46. The van der Waals surface area contributed by atoms with Crippen LogP contribution in [0, 0.1) is 12.3 Å². The average molecular weight is 413 g/mol. The van der Waals surface area contributed by atoms with Gasteiger partial charge in [0.1, 0.15) is 22.1 Å². The number of hydrogen-bond donors (Lipinski definition) is 1. The second-order valence-electron chi connectivity index (χ2n) is 7.77. The minimum Gasteiger partial charge on any atom is -0.444 e. The van der Waals surface area contributed by atoms with E-state index in [4.69, 9.17) is 8.85 Å². The predicted molar refractivity (Wildman–Crippen MR) is 98.3 cm³/mol. The lowest BCUT2D eigenvalue weighted by molar-refractivity contribution is -0.121. The lowest BCUT2D eigenvalue weighted by Crippen LogP contribution is -2.47. The molecule has 1 N–H and O–H groups in total. The van der Waals surface area contributed by atoms with Gasteiger partial charge in [-0.2, -0.15) is 0 Å². The van der Waals surface area contributed by atoms with Crippen molar-refractivity contribution in [2.75, 3.05) is 5.32 Å². The number of aryl methyl sites for hydroxylation is 1. The Morgan fingerprint density at radius 2 is 2.16 bits per heavy atom. The van der Waals surface area contributed by atoms with Crippen LogP contribution in [0.1, 0.15) is 50.1 Å². The van der Waals surface area contributed by atoms with Crippen molar-refractivity contribution in [1.29, 1.82) is 0 Å². The number of pyridine rings is 1. The molecular formula is C18H24BrN3O3. The van der Waals surface area contributed by atoms with E-state index in [1.807, 2.05) is 0 Å². The number of carbonyl (C=O) groups is 2. The van der Waals surface area contributed by atoms with Crippen LogP contribution in [0.4, 0.5) is 10.6 Å². The van der Waals surface area contributed by atoms with Gasteiger partial charge in [0.15, 0.2) is 0 Å². The molecule has 2 fully saturated rings. The van der Waals surface area contributed by atoms with Crippen LogP contribution in [0.15, 0.2) is 16.7 Å². The largest absolute Gasteiger partial charge is 0.444 e. The molecule has 3 rings (SSSR count). The third kappa shape index (κ3) is 3.66. The lowest BCUT2D eigenvalue weighted by atomic mass is 10.0. The number of halogens is 1. The Morgan fingerprint density at radius 3 is 2.80 bits per heavy atom. The summed E-state index contributed by atoms with van der Waals surface area (Å²) in [6.07, 6.45) is -0.243. The molecule has 2 heterocycles. The van der Waals surface area contributed by atoms with Crippen molar-refractivity contribution in [3.63, 3.8) is 0 Å². The Bertz CT molecular complexity index is 825. The van der Waals surface area contributed by atoms with Crippen molar-refractivity contribution in [3.05, 3.63) is 22.3 Å². The quantitative estimate of drug-likeness (QED) is 0.747. The molecule has 3 atom stereocenters. The molecule has 0 bridgehead atoms. The van der Waals surface area contributed by atoms with Crippen molar-refractivity contribution < 1.29 is 18.4 Å². The molecular weight excluding hydrogens is 386 g/mol. The third-order valence-electron chi connectivity index (χ3n) is 4.48. The van der Waals surface area contributed by atoms with Gasteiger partial charge < -0.3 is 10.1 Å². The van der Waals surface area contributed by atoms with Crippen molar-refractivity contribution >= 4 is 33.7 Å². The first kappa shape index (κ1) is 14.5. The fourth-order valence-electron chi connectivity index (χ4n) is 3.15. The maximum atomic E-state index is 13.0. The van der Waals surface area contributed by atoms with Crippen LogP contribution in [0.3, 0.4) is 0 Å². The number of anilines is 1. The Balaban J connectivity index is 1.87. The minimum atomic E-state index is -2.25. The molecule has 6 nitrogen and oxygen atoms in total. The number of fused-ring (bicyclic) bond motifs is 1. The Labute approximate surface area is 160 Å². The molecule has 0 unspecified atom stereocenters. The molecule has 0 spiro atoms. The van der Waals surface area contributed by atoms with Gasteiger partial charge in [-0.15, -0.1) is 0 Å². The van der Waals surface area contributed by atoms with Crippen molar-refractivity contribution in [1.82, 2.24) is 9.88 Å². The predicted octanol–water partition coefficient (Wildman–Crippen LogP) is 3.88. The topological polar surface area (TPSA) is 71.5 Å². The summed E-state index contributed by atoms with van der Waals surface area (Å²) in [6.45, 7) is 4.74. The van der Waals surface area contributed by atoms with Crippen LogP contribution in [-0.2, 0) is 9.53 Å². The monoisotopic (exact) mass is 412 g/mol. The number of carbonyl (C=O) groups excluding carboxylic acids is 2. The molecule has 2 aliphatic rings. The number of piperidine rings is 1. The van der Waals surface area contributed by atoms with E-state index in [2.05, 4.69) is 26.2 Å². The molecule has 136 valence electrons. The van der Waals surface area contributed by atoms with Crippen molar-refractivity contribution in [2.45, 2.75) is 65.1 Å². The van der Waals surface area contributed by atoms with Crippen LogP contribution in [-0.4, -0.2) is 39.6 Å². The summed E-state index contributed by atoms with van der Waals surface area (Å²) < 4.78 is 29.7. The number of ether oxygens (including phenoxy) is 1. The summed E-state index contributed by atoms with van der Waals surface area (Å²) in [7, 11) is 0. The van der Waals surface area contributed by atoms with Crippen LogP contribution < -0.4 is 5.32 Å². The van der Waals surface area contributed by atoms with Crippen molar-refractivity contribution in [3.8, 4) is 0 Å². The summed E-state index contributed by atoms with van der Waals surface area (Å²) in [6, 6.07) is 2.11. The molecule has 1 aromatic heterocycles. The smallest absolute Gasteiger partial charge is 0.411 e. The second-order valence-corrected chi connectivity index (χ2v) is 8.58. The molecule has 25 heavy (non-hydrogen) atoms. The average Bonchev–Trinajstić information content (AvgIpc) is 3.15. The Kier molecular flexibility index (Phi) is 3.47. The fraction of sp³-hybridized carbons (Fsp3) is 0.611. The highest BCUT2D eigenvalue weighted by molar-refractivity contribution is 9.10. The zero-order valence-corrected chi connectivity index (χ0v) is 16.3. The van der Waals surface area contributed by atoms with Gasteiger partial charge in [0, 0.05) is 10.2 Å². The first-order valence-corrected chi connectivity index (χ1v) is 9.00. The first-order valence-electron chi connectivity index (χ1n) is 9.70. The first-order chi connectivity index (χ1) is 12.7. The summed E-state index contributed by atoms with van der Waals surface area (Å²) in [5.74, 6) is -0.0950. The van der Waals surface area contributed by atoms with E-state index in [1.54, 1.807) is 39.8 Å². The SMILES string of the molecule is [2H]C([2H])([2H])[C@@]12C[C@@H](C(=O)Nc3nc(Br)ccc3C)N(C(=O)OC(C)(C)C)[C@@H]1C2. The molecule has 0 radical (unpaired) electrons. The van der Waals surface area contributed by atoms with Gasteiger partial charge in [-0.25, -0.2) is 9.78 Å². The van der Waals surface area contributed by atoms with Gasteiger partial charge in [0.2, 0.25) is 5.91 Å². The molecule has 1 aliphatic heterocycles. The molecule has 2 amide bonds. The zero-order chi connectivity index (χ0) is 21.1. The van der Waals surface area contributed by atoms with Gasteiger partial charge in [-0.05, 0) is 73.5 Å².